The zero-order valence-electron chi connectivity index (χ0n) is 12.8. The second kappa shape index (κ2) is 7.85. The summed E-state index contributed by atoms with van der Waals surface area (Å²) in [4.78, 5) is 2.44. The molecular weight excluding hydrogens is 274 g/mol. The maximum absolute atomic E-state index is 5.81. The third kappa shape index (κ3) is 4.50. The van der Waals surface area contributed by atoms with Crippen molar-refractivity contribution in [2.75, 3.05) is 26.2 Å². The third-order valence-electron chi connectivity index (χ3n) is 3.86. The second-order valence-corrected chi connectivity index (χ2v) is 5.58. The predicted octanol–water partition coefficient (Wildman–Crippen LogP) is 3.54. The third-order valence-corrected chi connectivity index (χ3v) is 3.86. The van der Waals surface area contributed by atoms with Crippen LogP contribution in [0.5, 0.6) is 11.5 Å². The Labute approximate surface area is 132 Å². The molecule has 0 bridgehead atoms. The summed E-state index contributed by atoms with van der Waals surface area (Å²) in [5.41, 5.74) is 1.16. The maximum atomic E-state index is 5.81. The highest BCUT2D eigenvalue weighted by Crippen LogP contribution is 2.20. The smallest absolute Gasteiger partial charge is 0.124 e. The molecule has 0 saturated carbocycles. The first-order chi connectivity index (χ1) is 10.9. The average molecular weight is 296 g/mol. The van der Waals surface area contributed by atoms with E-state index < -0.39 is 0 Å². The van der Waals surface area contributed by atoms with Crippen LogP contribution in [-0.2, 0) is 6.61 Å². The Morgan fingerprint density at radius 1 is 0.955 bits per heavy atom. The number of hydrogen-bond acceptors (Lipinski definition) is 3. The molecule has 0 unspecified atom stereocenters. The van der Waals surface area contributed by atoms with Crippen LogP contribution in [0.2, 0.25) is 0 Å². The van der Waals surface area contributed by atoms with E-state index in [0.29, 0.717) is 6.61 Å². The molecule has 0 atom stereocenters. The molecule has 115 valence electrons. The minimum absolute atomic E-state index is 0.561. The highest BCUT2D eigenvalue weighted by molar-refractivity contribution is 5.32. The summed E-state index contributed by atoms with van der Waals surface area (Å²) in [7, 11) is 0. The van der Waals surface area contributed by atoms with Crippen LogP contribution < -0.4 is 9.47 Å². The van der Waals surface area contributed by atoms with E-state index in [2.05, 4.69) is 23.1 Å². The molecule has 0 spiro atoms. The van der Waals surface area contributed by atoms with E-state index in [0.717, 1.165) is 30.2 Å². The predicted molar refractivity (Wildman–Crippen MR) is 87.2 cm³/mol. The van der Waals surface area contributed by atoms with Gasteiger partial charge in [-0.05, 0) is 49.7 Å². The molecule has 3 nitrogen and oxygen atoms in total. The van der Waals surface area contributed by atoms with E-state index >= 15 is 0 Å². The lowest BCUT2D eigenvalue weighted by Crippen LogP contribution is -2.25. The standard InChI is InChI=1S/C19H22NO2/c1-2-7-17(8-3-1)16-22-19-10-6-9-18(15-19)21-14-13-20-11-4-5-12-20/h1-3,7-10,15H,4-5,11-14,16H2. The highest BCUT2D eigenvalue weighted by Gasteiger charge is 2.10. The molecule has 1 radical (unpaired) electrons. The minimum Gasteiger partial charge on any atom is -0.492 e. The van der Waals surface area contributed by atoms with Crippen LogP contribution in [0, 0.1) is 6.07 Å². The number of ether oxygens (including phenoxy) is 2. The van der Waals surface area contributed by atoms with Crippen LogP contribution in [0.25, 0.3) is 0 Å². The van der Waals surface area contributed by atoms with Gasteiger partial charge < -0.3 is 9.47 Å². The molecule has 3 rings (SSSR count). The van der Waals surface area contributed by atoms with Crippen LogP contribution in [0.4, 0.5) is 0 Å². The van der Waals surface area contributed by atoms with Gasteiger partial charge in [0.25, 0.3) is 0 Å². The van der Waals surface area contributed by atoms with Gasteiger partial charge in [-0.15, -0.1) is 0 Å². The molecule has 0 amide bonds. The first kappa shape index (κ1) is 14.9. The van der Waals surface area contributed by atoms with Gasteiger partial charge in [0.1, 0.15) is 24.7 Å². The molecule has 1 aliphatic rings. The quantitative estimate of drug-likeness (QED) is 0.780. The topological polar surface area (TPSA) is 21.7 Å². The molecule has 1 fully saturated rings. The van der Waals surface area contributed by atoms with Crippen LogP contribution in [0.15, 0.2) is 48.5 Å². The average Bonchev–Trinajstić information content (AvgIpc) is 3.08. The summed E-state index contributed by atoms with van der Waals surface area (Å²) in [5, 5.41) is 0. The molecule has 2 aromatic rings. The Bertz CT molecular complexity index is 565. The van der Waals surface area contributed by atoms with E-state index in [1.807, 2.05) is 36.4 Å². The van der Waals surface area contributed by atoms with Crippen molar-refractivity contribution in [3.63, 3.8) is 0 Å². The van der Waals surface area contributed by atoms with E-state index in [1.165, 1.54) is 25.9 Å². The van der Waals surface area contributed by atoms with Gasteiger partial charge in [-0.3, -0.25) is 4.90 Å². The Morgan fingerprint density at radius 3 is 2.45 bits per heavy atom. The summed E-state index contributed by atoms with van der Waals surface area (Å²) in [6.45, 7) is 4.68. The Balaban J connectivity index is 1.47. The van der Waals surface area contributed by atoms with Crippen molar-refractivity contribution in [1.29, 1.82) is 0 Å². The maximum Gasteiger partial charge on any atom is 0.124 e. The van der Waals surface area contributed by atoms with Crippen molar-refractivity contribution < 1.29 is 9.47 Å². The van der Waals surface area contributed by atoms with Gasteiger partial charge >= 0.3 is 0 Å². The van der Waals surface area contributed by atoms with Crippen molar-refractivity contribution >= 4 is 0 Å². The Kier molecular flexibility index (Phi) is 5.32. The fraction of sp³-hybridized carbons (Fsp3) is 0.368. The molecule has 1 saturated heterocycles. The molecule has 3 heteroatoms. The van der Waals surface area contributed by atoms with Crippen LogP contribution in [0.1, 0.15) is 18.4 Å². The van der Waals surface area contributed by atoms with E-state index in [1.54, 1.807) is 0 Å². The van der Waals surface area contributed by atoms with Crippen molar-refractivity contribution in [2.45, 2.75) is 19.4 Å². The van der Waals surface area contributed by atoms with Gasteiger partial charge in [-0.25, -0.2) is 0 Å². The SMILES string of the molecule is [c]1cc(OCCN2CCCC2)cc(OCc2ccccc2)c1. The fourth-order valence-electron chi connectivity index (χ4n) is 2.64. The van der Waals surface area contributed by atoms with Crippen molar-refractivity contribution in [3.8, 4) is 11.5 Å². The lowest BCUT2D eigenvalue weighted by molar-refractivity contribution is 0.236. The fourth-order valence-corrected chi connectivity index (χ4v) is 2.64. The summed E-state index contributed by atoms with van der Waals surface area (Å²) in [5.74, 6) is 1.62. The molecule has 0 aromatic heterocycles. The molecule has 22 heavy (non-hydrogen) atoms. The minimum atomic E-state index is 0.561. The van der Waals surface area contributed by atoms with E-state index in [4.69, 9.17) is 9.47 Å². The molecular formula is C19H22NO2. The van der Waals surface area contributed by atoms with Gasteiger partial charge in [0.05, 0.1) is 0 Å². The summed E-state index contributed by atoms with van der Waals surface area (Å²) in [6.07, 6.45) is 2.63. The van der Waals surface area contributed by atoms with Crippen molar-refractivity contribution in [3.05, 3.63) is 60.2 Å². The van der Waals surface area contributed by atoms with Gasteiger partial charge in [-0.1, -0.05) is 30.3 Å². The second-order valence-electron chi connectivity index (χ2n) is 5.58. The Hall–Kier alpha value is -2.00. The number of likely N-dealkylation sites (tertiary alicyclic amines) is 1. The zero-order chi connectivity index (χ0) is 15.0. The lowest BCUT2D eigenvalue weighted by Gasteiger charge is -2.15. The summed E-state index contributed by atoms with van der Waals surface area (Å²) >= 11 is 0. The molecule has 0 aliphatic carbocycles. The number of benzene rings is 2. The van der Waals surface area contributed by atoms with Gasteiger partial charge in [0.15, 0.2) is 0 Å². The number of nitrogens with zero attached hydrogens (tertiary/aromatic N) is 1. The van der Waals surface area contributed by atoms with E-state index in [9.17, 15) is 0 Å². The molecule has 2 aromatic carbocycles. The first-order valence-corrected chi connectivity index (χ1v) is 7.93. The zero-order valence-corrected chi connectivity index (χ0v) is 12.8. The van der Waals surface area contributed by atoms with Crippen LogP contribution >= 0.6 is 0 Å². The van der Waals surface area contributed by atoms with Crippen LogP contribution in [0.3, 0.4) is 0 Å². The monoisotopic (exact) mass is 296 g/mol. The summed E-state index contributed by atoms with van der Waals surface area (Å²) < 4.78 is 11.6. The van der Waals surface area contributed by atoms with Crippen molar-refractivity contribution in [1.82, 2.24) is 4.90 Å². The van der Waals surface area contributed by atoms with E-state index in [-0.39, 0.29) is 0 Å². The van der Waals surface area contributed by atoms with Crippen molar-refractivity contribution in [2.24, 2.45) is 0 Å². The summed E-state index contributed by atoms with van der Waals surface area (Å²) in [6, 6.07) is 18.9. The normalized spacial score (nSPS) is 14.9. The van der Waals surface area contributed by atoms with Crippen LogP contribution in [-0.4, -0.2) is 31.1 Å². The molecule has 1 aliphatic heterocycles. The van der Waals surface area contributed by atoms with Gasteiger partial charge in [0.2, 0.25) is 0 Å². The lowest BCUT2D eigenvalue weighted by atomic mass is 10.2. The number of hydrogen-bond donors (Lipinski definition) is 0. The number of rotatable bonds is 7. The van der Waals surface area contributed by atoms with Gasteiger partial charge in [0, 0.05) is 12.6 Å². The molecule has 1 heterocycles. The Morgan fingerprint density at radius 2 is 1.68 bits per heavy atom. The first-order valence-electron chi connectivity index (χ1n) is 7.93. The highest BCUT2D eigenvalue weighted by atomic mass is 16.5. The molecule has 0 N–H and O–H groups in total. The van der Waals surface area contributed by atoms with Gasteiger partial charge in [-0.2, -0.15) is 0 Å². The largest absolute Gasteiger partial charge is 0.492 e.